The highest BCUT2D eigenvalue weighted by Gasteiger charge is 2.35. The molecule has 46 heavy (non-hydrogen) atoms. The van der Waals surface area contributed by atoms with Crippen molar-refractivity contribution in [3.8, 4) is 11.4 Å². The van der Waals surface area contributed by atoms with Crippen LogP contribution in [0.4, 0.5) is 5.00 Å². The van der Waals surface area contributed by atoms with Gasteiger partial charge in [-0.25, -0.2) is 4.79 Å². The van der Waals surface area contributed by atoms with Crippen LogP contribution in [0.25, 0.3) is 5.69 Å². The summed E-state index contributed by atoms with van der Waals surface area (Å²) >= 11 is 2.67. The Morgan fingerprint density at radius 1 is 1.17 bits per heavy atom. The topological polar surface area (TPSA) is 138 Å². The van der Waals surface area contributed by atoms with E-state index in [1.807, 2.05) is 24.3 Å². The lowest BCUT2D eigenvalue weighted by Crippen LogP contribution is -2.27. The lowest BCUT2D eigenvalue weighted by atomic mass is 9.72. The molecule has 2 N–H and O–H groups in total. The number of amides is 2. The van der Waals surface area contributed by atoms with Gasteiger partial charge in [0.05, 0.1) is 43.0 Å². The monoisotopic (exact) mass is 665 g/mol. The fraction of sp³-hybridized carbons (Fsp3) is 0.424. The van der Waals surface area contributed by atoms with Gasteiger partial charge >= 0.3 is 5.97 Å². The van der Waals surface area contributed by atoms with Crippen molar-refractivity contribution in [2.45, 2.75) is 70.8 Å². The Morgan fingerprint density at radius 3 is 2.65 bits per heavy atom. The van der Waals surface area contributed by atoms with Crippen LogP contribution in [0.1, 0.15) is 78.2 Å². The number of esters is 1. The third kappa shape index (κ3) is 7.15. The van der Waals surface area contributed by atoms with Gasteiger partial charge < -0.3 is 24.5 Å². The van der Waals surface area contributed by atoms with Crippen LogP contribution in [0.15, 0.2) is 52.2 Å². The van der Waals surface area contributed by atoms with Crippen molar-refractivity contribution >= 4 is 45.9 Å². The number of rotatable bonds is 11. The van der Waals surface area contributed by atoms with Crippen molar-refractivity contribution in [3.05, 3.63) is 70.3 Å². The van der Waals surface area contributed by atoms with Crippen molar-refractivity contribution in [1.82, 2.24) is 20.1 Å². The minimum atomic E-state index is -0.625. The number of methoxy groups -OCH3 is 1. The molecule has 0 saturated heterocycles. The normalized spacial score (nSPS) is 15.1. The molecule has 1 aliphatic carbocycles. The molecule has 3 aromatic heterocycles. The summed E-state index contributed by atoms with van der Waals surface area (Å²) in [5.41, 5.74) is 2.23. The molecule has 0 saturated carbocycles. The van der Waals surface area contributed by atoms with E-state index in [1.165, 1.54) is 29.4 Å². The third-order valence-electron chi connectivity index (χ3n) is 8.04. The molecule has 244 valence electrons. The molecule has 0 radical (unpaired) electrons. The Kier molecular flexibility index (Phi) is 10.2. The fourth-order valence-corrected chi connectivity index (χ4v) is 7.66. The molecule has 11 nitrogen and oxygen atoms in total. The summed E-state index contributed by atoms with van der Waals surface area (Å²) in [6, 6.07) is 10.6. The molecule has 1 aliphatic rings. The molecule has 0 fully saturated rings. The zero-order valence-corrected chi connectivity index (χ0v) is 28.5. The van der Waals surface area contributed by atoms with E-state index in [9.17, 15) is 14.4 Å². The number of furan rings is 1. The Balaban J connectivity index is 1.40. The van der Waals surface area contributed by atoms with E-state index >= 15 is 0 Å². The van der Waals surface area contributed by atoms with Gasteiger partial charge in [0.1, 0.15) is 10.8 Å². The van der Waals surface area contributed by atoms with Crippen molar-refractivity contribution in [2.75, 3.05) is 19.0 Å². The van der Waals surface area contributed by atoms with E-state index in [0.29, 0.717) is 38.9 Å². The highest BCUT2D eigenvalue weighted by Crippen LogP contribution is 2.45. The summed E-state index contributed by atoms with van der Waals surface area (Å²) in [6.07, 6.45) is 4.03. The molecule has 1 aromatic carbocycles. The second-order valence-electron chi connectivity index (χ2n) is 12.0. The van der Waals surface area contributed by atoms with Crippen LogP contribution in [0.5, 0.6) is 5.75 Å². The maximum absolute atomic E-state index is 13.7. The highest BCUT2D eigenvalue weighted by molar-refractivity contribution is 8.00. The largest absolute Gasteiger partial charge is 0.495 e. The van der Waals surface area contributed by atoms with E-state index in [-0.39, 0.29) is 30.2 Å². The van der Waals surface area contributed by atoms with Crippen LogP contribution in [0.2, 0.25) is 0 Å². The zero-order valence-electron chi connectivity index (χ0n) is 26.8. The van der Waals surface area contributed by atoms with Crippen molar-refractivity contribution < 1.29 is 28.3 Å². The Hall–Kier alpha value is -4.10. The number of ether oxygens (including phenoxy) is 2. The number of thiophene rings is 1. The van der Waals surface area contributed by atoms with Gasteiger partial charge in [0.15, 0.2) is 16.7 Å². The standard InChI is InChI=1S/C33H39N5O6S2/c1-7-43-31(41)27-21-15-14-20(33(3,4)5)17-25(21)46-30(27)35-28(39)19(2)45-32-37-36-26(18-34-29(40)24-13-10-16-44-24)38(32)22-11-8-9-12-23(22)42-6/h8-13,16,19-20H,7,14-15,17-18H2,1-6H3,(H,34,40)(H,35,39). The number of para-hydroxylation sites is 2. The molecule has 0 aliphatic heterocycles. The summed E-state index contributed by atoms with van der Waals surface area (Å²) in [5.74, 6) is 0.554. The number of thioether (sulfide) groups is 1. The van der Waals surface area contributed by atoms with Gasteiger partial charge in [-0.3, -0.25) is 14.2 Å². The predicted octanol–water partition coefficient (Wildman–Crippen LogP) is 6.31. The quantitative estimate of drug-likeness (QED) is 0.140. The second kappa shape index (κ2) is 14.1. The van der Waals surface area contributed by atoms with E-state index in [0.717, 1.165) is 29.7 Å². The van der Waals surface area contributed by atoms with Crippen molar-refractivity contribution in [1.29, 1.82) is 0 Å². The van der Waals surface area contributed by atoms with Gasteiger partial charge in [-0.1, -0.05) is 44.7 Å². The molecule has 0 bridgehead atoms. The molecule has 3 heterocycles. The molecule has 13 heteroatoms. The SMILES string of the molecule is CCOC(=O)c1c(NC(=O)C(C)Sc2nnc(CNC(=O)c3ccco3)n2-c2ccccc2OC)sc2c1CCC(C(C)(C)C)C2. The van der Waals surface area contributed by atoms with Gasteiger partial charge in [0.25, 0.3) is 5.91 Å². The average molecular weight is 666 g/mol. The van der Waals surface area contributed by atoms with Gasteiger partial charge in [-0.15, -0.1) is 21.5 Å². The number of anilines is 1. The first-order valence-corrected chi connectivity index (χ1v) is 16.9. The Morgan fingerprint density at radius 2 is 1.96 bits per heavy atom. The molecule has 2 atom stereocenters. The third-order valence-corrected chi connectivity index (χ3v) is 10.2. The van der Waals surface area contributed by atoms with E-state index in [4.69, 9.17) is 13.9 Å². The summed E-state index contributed by atoms with van der Waals surface area (Å²) in [5, 5.41) is 14.9. The van der Waals surface area contributed by atoms with Crippen LogP contribution in [-0.4, -0.2) is 51.5 Å². The van der Waals surface area contributed by atoms with E-state index in [2.05, 4.69) is 41.6 Å². The number of nitrogens with zero attached hydrogens (tertiary/aromatic N) is 3. The zero-order chi connectivity index (χ0) is 33.0. The number of nitrogens with one attached hydrogen (secondary N) is 2. The number of benzene rings is 1. The Bertz CT molecular complexity index is 1710. The lowest BCUT2D eigenvalue weighted by molar-refractivity contribution is -0.115. The maximum Gasteiger partial charge on any atom is 0.341 e. The van der Waals surface area contributed by atoms with Crippen molar-refractivity contribution in [3.63, 3.8) is 0 Å². The first kappa shape index (κ1) is 33.3. The van der Waals surface area contributed by atoms with Gasteiger partial charge in [-0.05, 0) is 74.3 Å². The Labute approximate surface area is 276 Å². The molecule has 2 amide bonds. The van der Waals surface area contributed by atoms with Crippen LogP contribution in [-0.2, 0) is 28.9 Å². The molecular weight excluding hydrogens is 627 g/mol. The maximum atomic E-state index is 13.7. The fourth-order valence-electron chi connectivity index (χ4n) is 5.46. The minimum Gasteiger partial charge on any atom is -0.495 e. The summed E-state index contributed by atoms with van der Waals surface area (Å²) < 4.78 is 18.0. The molecule has 0 spiro atoms. The first-order chi connectivity index (χ1) is 22.0. The highest BCUT2D eigenvalue weighted by atomic mass is 32.2. The van der Waals surface area contributed by atoms with Crippen molar-refractivity contribution in [2.24, 2.45) is 11.3 Å². The number of carbonyl (C=O) groups is 3. The van der Waals surface area contributed by atoms with Gasteiger partial charge in [0, 0.05) is 4.88 Å². The van der Waals surface area contributed by atoms with Crippen LogP contribution in [0.3, 0.4) is 0 Å². The smallest absolute Gasteiger partial charge is 0.341 e. The van der Waals surface area contributed by atoms with Gasteiger partial charge in [0.2, 0.25) is 5.91 Å². The molecular formula is C33H39N5O6S2. The lowest BCUT2D eigenvalue weighted by Gasteiger charge is -2.33. The second-order valence-corrected chi connectivity index (χ2v) is 14.5. The molecule has 2 unspecified atom stereocenters. The van der Waals surface area contributed by atoms with Crippen LogP contribution >= 0.6 is 23.1 Å². The number of hydrogen-bond acceptors (Lipinski definition) is 10. The predicted molar refractivity (Wildman–Crippen MR) is 177 cm³/mol. The minimum absolute atomic E-state index is 0.0466. The summed E-state index contributed by atoms with van der Waals surface area (Å²) in [4.78, 5) is 40.5. The first-order valence-electron chi connectivity index (χ1n) is 15.2. The average Bonchev–Trinajstić information content (AvgIpc) is 3.78. The van der Waals surface area contributed by atoms with Crippen LogP contribution in [0, 0.1) is 11.3 Å². The summed E-state index contributed by atoms with van der Waals surface area (Å²) in [6.45, 7) is 10.6. The number of hydrogen-bond donors (Lipinski definition) is 2. The van der Waals surface area contributed by atoms with Crippen LogP contribution < -0.4 is 15.4 Å². The molecule has 5 rings (SSSR count). The van der Waals surface area contributed by atoms with Gasteiger partial charge in [-0.2, -0.15) is 0 Å². The van der Waals surface area contributed by atoms with E-state index in [1.54, 1.807) is 37.7 Å². The summed E-state index contributed by atoms with van der Waals surface area (Å²) in [7, 11) is 1.57. The number of aromatic nitrogens is 3. The number of fused-ring (bicyclic) bond motifs is 1. The number of carbonyl (C=O) groups excluding carboxylic acids is 3. The molecule has 4 aromatic rings. The van der Waals surface area contributed by atoms with E-state index < -0.39 is 17.1 Å².